The van der Waals surface area contributed by atoms with Crippen molar-refractivity contribution in [2.45, 2.75) is 26.2 Å². The Morgan fingerprint density at radius 1 is 0.821 bits per heavy atom. The summed E-state index contributed by atoms with van der Waals surface area (Å²) in [6.45, 7) is 5.75. The first kappa shape index (κ1) is 19.6. The van der Waals surface area contributed by atoms with Gasteiger partial charge in [-0.05, 0) is 65.8 Å². The summed E-state index contributed by atoms with van der Waals surface area (Å²) < 4.78 is 28.4. The van der Waals surface area contributed by atoms with E-state index in [1.807, 2.05) is 24.3 Å². The van der Waals surface area contributed by atoms with E-state index in [0.29, 0.717) is 24.0 Å². The van der Waals surface area contributed by atoms with Gasteiger partial charge in [0.15, 0.2) is 0 Å². The minimum atomic E-state index is -0.626. The van der Waals surface area contributed by atoms with Gasteiger partial charge in [-0.25, -0.2) is 8.78 Å². The van der Waals surface area contributed by atoms with Crippen molar-refractivity contribution in [1.29, 1.82) is 0 Å². The van der Waals surface area contributed by atoms with Gasteiger partial charge < -0.3 is 0 Å². The molecule has 3 aromatic rings. The molecule has 0 N–H and O–H groups in total. The molecule has 0 nitrogen and oxygen atoms in total. The first-order valence-electron chi connectivity index (χ1n) is 9.41. The van der Waals surface area contributed by atoms with Gasteiger partial charge in [-0.15, -0.1) is 6.58 Å². The summed E-state index contributed by atoms with van der Waals surface area (Å²) in [5, 5.41) is 0. The first-order valence-corrected chi connectivity index (χ1v) is 9.41. The number of allylic oxidation sites excluding steroid dienone is 1. The molecule has 140 valence electrons. The zero-order valence-corrected chi connectivity index (χ0v) is 15.9. The quantitative estimate of drug-likeness (QED) is 0.345. The van der Waals surface area contributed by atoms with Gasteiger partial charge in [0.05, 0.1) is 5.56 Å². The number of benzene rings is 3. The maximum atomic E-state index is 14.2. The molecule has 28 heavy (non-hydrogen) atoms. The minimum Gasteiger partial charge on any atom is -0.206 e. The van der Waals surface area contributed by atoms with Gasteiger partial charge in [0.2, 0.25) is 0 Å². The third-order valence-corrected chi connectivity index (χ3v) is 4.65. The van der Waals surface area contributed by atoms with E-state index >= 15 is 0 Å². The first-order chi connectivity index (χ1) is 13.6. The van der Waals surface area contributed by atoms with Gasteiger partial charge in [0.1, 0.15) is 11.6 Å². The van der Waals surface area contributed by atoms with Crippen LogP contribution in [0.1, 0.15) is 35.6 Å². The van der Waals surface area contributed by atoms with Gasteiger partial charge >= 0.3 is 0 Å². The summed E-state index contributed by atoms with van der Waals surface area (Å²) in [4.78, 5) is 0. The molecule has 0 amide bonds. The standard InChI is InChI=1S/C26H22F2/c1-3-5-6-21-17-25(27)24(26(28)18-21)16-11-20-9-14-23(15-10-20)22-12-7-19(4-2)8-13-22/h3,7-10,12-15,17-18H,1,4-6H2,2H3. The van der Waals surface area contributed by atoms with Crippen molar-refractivity contribution in [1.82, 2.24) is 0 Å². The lowest BCUT2D eigenvalue weighted by Gasteiger charge is -2.04. The molecular formula is C26H22F2. The molecule has 0 fully saturated rings. The predicted molar refractivity (Wildman–Crippen MR) is 112 cm³/mol. The highest BCUT2D eigenvalue weighted by Crippen LogP contribution is 2.21. The van der Waals surface area contributed by atoms with Crippen LogP contribution in [0.3, 0.4) is 0 Å². The Balaban J connectivity index is 1.79. The van der Waals surface area contributed by atoms with Gasteiger partial charge in [-0.1, -0.05) is 61.2 Å². The lowest BCUT2D eigenvalue weighted by molar-refractivity contribution is 0.574. The lowest BCUT2D eigenvalue weighted by atomic mass is 10.0. The van der Waals surface area contributed by atoms with E-state index in [4.69, 9.17) is 0 Å². The van der Waals surface area contributed by atoms with Crippen LogP contribution in [0.25, 0.3) is 11.1 Å². The smallest absolute Gasteiger partial charge is 0.142 e. The van der Waals surface area contributed by atoms with Crippen molar-refractivity contribution in [3.63, 3.8) is 0 Å². The lowest BCUT2D eigenvalue weighted by Crippen LogP contribution is -1.95. The van der Waals surface area contributed by atoms with Crippen LogP contribution in [0, 0.1) is 23.5 Å². The number of hydrogen-bond acceptors (Lipinski definition) is 0. The fourth-order valence-corrected chi connectivity index (χ4v) is 2.97. The molecule has 0 aliphatic rings. The van der Waals surface area contributed by atoms with Crippen molar-refractivity contribution in [2.75, 3.05) is 0 Å². The minimum absolute atomic E-state index is 0.193. The Bertz CT molecular complexity index is 994. The van der Waals surface area contributed by atoms with Gasteiger partial charge in [-0.2, -0.15) is 0 Å². The topological polar surface area (TPSA) is 0 Å². The van der Waals surface area contributed by atoms with E-state index in [1.165, 1.54) is 17.7 Å². The summed E-state index contributed by atoms with van der Waals surface area (Å²) in [6.07, 6.45) is 3.98. The molecule has 0 aliphatic carbocycles. The summed E-state index contributed by atoms with van der Waals surface area (Å²) in [7, 11) is 0. The third-order valence-electron chi connectivity index (χ3n) is 4.65. The summed E-state index contributed by atoms with van der Waals surface area (Å²) in [5.41, 5.74) is 4.63. The Kier molecular flexibility index (Phi) is 6.40. The van der Waals surface area contributed by atoms with E-state index in [9.17, 15) is 8.78 Å². The van der Waals surface area contributed by atoms with Gasteiger partial charge in [0.25, 0.3) is 0 Å². The molecular weight excluding hydrogens is 350 g/mol. The van der Waals surface area contributed by atoms with Gasteiger partial charge in [0, 0.05) is 5.56 Å². The van der Waals surface area contributed by atoms with Crippen LogP contribution in [0.5, 0.6) is 0 Å². The second-order valence-corrected chi connectivity index (χ2v) is 6.64. The van der Waals surface area contributed by atoms with Crippen molar-refractivity contribution >= 4 is 0 Å². The van der Waals surface area contributed by atoms with Crippen molar-refractivity contribution < 1.29 is 8.78 Å². The van der Waals surface area contributed by atoms with Crippen LogP contribution >= 0.6 is 0 Å². The Labute approximate surface area is 165 Å². The largest absolute Gasteiger partial charge is 0.206 e. The average Bonchev–Trinajstić information content (AvgIpc) is 2.72. The molecule has 0 unspecified atom stereocenters. The van der Waals surface area contributed by atoms with Crippen molar-refractivity contribution in [2.24, 2.45) is 0 Å². The number of halogens is 2. The summed E-state index contributed by atoms with van der Waals surface area (Å²) in [6, 6.07) is 18.8. The molecule has 3 rings (SSSR count). The fraction of sp³-hybridized carbons (Fsp3) is 0.154. The van der Waals surface area contributed by atoms with Crippen LogP contribution in [0.2, 0.25) is 0 Å². The second kappa shape index (κ2) is 9.15. The van der Waals surface area contributed by atoms with Crippen molar-refractivity contribution in [3.8, 4) is 23.0 Å². The van der Waals surface area contributed by atoms with Crippen LogP contribution in [0.4, 0.5) is 8.78 Å². The van der Waals surface area contributed by atoms with E-state index in [-0.39, 0.29) is 5.56 Å². The maximum Gasteiger partial charge on any atom is 0.142 e. The molecule has 0 atom stereocenters. The second-order valence-electron chi connectivity index (χ2n) is 6.64. The molecule has 0 saturated heterocycles. The van der Waals surface area contributed by atoms with E-state index in [0.717, 1.165) is 17.5 Å². The molecule has 0 spiro atoms. The Morgan fingerprint density at radius 3 is 1.93 bits per heavy atom. The number of aryl methyl sites for hydroxylation is 2. The van der Waals surface area contributed by atoms with Crippen LogP contribution in [0.15, 0.2) is 73.3 Å². The molecule has 0 heterocycles. The van der Waals surface area contributed by atoms with Crippen LogP contribution in [-0.2, 0) is 12.8 Å². The average molecular weight is 372 g/mol. The molecule has 3 aromatic carbocycles. The van der Waals surface area contributed by atoms with Crippen LogP contribution in [-0.4, -0.2) is 0 Å². The highest BCUT2D eigenvalue weighted by Gasteiger charge is 2.09. The zero-order chi connectivity index (χ0) is 19.9. The molecule has 0 aromatic heterocycles. The summed E-state index contributed by atoms with van der Waals surface area (Å²) in [5.74, 6) is 4.24. The molecule has 0 aliphatic heterocycles. The number of hydrogen-bond donors (Lipinski definition) is 0. The molecule has 0 saturated carbocycles. The molecule has 0 bridgehead atoms. The van der Waals surface area contributed by atoms with Gasteiger partial charge in [-0.3, -0.25) is 0 Å². The SMILES string of the molecule is C=CCCc1cc(F)c(C#Cc2ccc(-c3ccc(CC)cc3)cc2)c(F)c1. The third kappa shape index (κ3) is 4.75. The molecule has 2 heteroatoms. The highest BCUT2D eigenvalue weighted by atomic mass is 19.1. The monoisotopic (exact) mass is 372 g/mol. The maximum absolute atomic E-state index is 14.2. The zero-order valence-electron chi connectivity index (χ0n) is 15.9. The fourth-order valence-electron chi connectivity index (χ4n) is 2.97. The Morgan fingerprint density at radius 2 is 1.39 bits per heavy atom. The van der Waals surface area contributed by atoms with E-state index < -0.39 is 11.6 Å². The predicted octanol–water partition coefficient (Wildman–Crippen LogP) is 6.71. The molecule has 0 radical (unpaired) electrons. The normalized spacial score (nSPS) is 10.2. The highest BCUT2D eigenvalue weighted by molar-refractivity contribution is 5.64. The van der Waals surface area contributed by atoms with E-state index in [1.54, 1.807) is 6.08 Å². The Hall–Kier alpha value is -3.18. The number of rotatable bonds is 5. The van der Waals surface area contributed by atoms with Crippen molar-refractivity contribution in [3.05, 3.63) is 107 Å². The summed E-state index contributed by atoms with van der Waals surface area (Å²) >= 11 is 0. The van der Waals surface area contributed by atoms with Crippen LogP contribution < -0.4 is 0 Å². The van der Waals surface area contributed by atoms with E-state index in [2.05, 4.69) is 49.6 Å².